The number of carbonyl (C=O) groups excluding carboxylic acids is 3. The Balaban J connectivity index is 3.47. The minimum atomic E-state index is -0.917. The quantitative estimate of drug-likeness (QED) is 0.256. The Morgan fingerprint density at radius 3 is 2.00 bits per heavy atom. The molecule has 7 N–H and O–H groups in total. The average molecular weight is 576 g/mol. The van der Waals surface area contributed by atoms with Gasteiger partial charge in [-0.1, -0.05) is 0 Å². The lowest BCUT2D eigenvalue weighted by Crippen LogP contribution is -2.40. The van der Waals surface area contributed by atoms with E-state index < -0.39 is 37.0 Å². The van der Waals surface area contributed by atoms with Crippen molar-refractivity contribution in [3.63, 3.8) is 0 Å². The van der Waals surface area contributed by atoms with Crippen LogP contribution >= 0.6 is 47.8 Å². The van der Waals surface area contributed by atoms with Crippen LogP contribution in [0.1, 0.15) is 33.6 Å². The lowest BCUT2D eigenvalue weighted by atomic mass is 10.1. The fourth-order valence-electron chi connectivity index (χ4n) is 2.04. The van der Waals surface area contributed by atoms with E-state index in [0.717, 1.165) is 0 Å². The van der Waals surface area contributed by atoms with Gasteiger partial charge in [-0.15, -0.1) is 0 Å². The maximum absolute atomic E-state index is 12.6. The first-order valence-electron chi connectivity index (χ1n) is 7.63. The van der Waals surface area contributed by atoms with Crippen LogP contribution in [-0.2, 0) is 4.79 Å². The van der Waals surface area contributed by atoms with E-state index in [-0.39, 0.29) is 49.7 Å². The fraction of sp³-hybridized carbons (Fsp3) is 0.400. The first-order chi connectivity index (χ1) is 12.7. The highest BCUT2D eigenvalue weighted by atomic mass is 79.9. The highest BCUT2D eigenvalue weighted by Gasteiger charge is 2.28. The van der Waals surface area contributed by atoms with E-state index >= 15 is 0 Å². The Hall–Kier alpha value is -1.05. The van der Waals surface area contributed by atoms with E-state index in [2.05, 4.69) is 58.4 Å². The lowest BCUT2D eigenvalue weighted by Gasteiger charge is -2.20. The van der Waals surface area contributed by atoms with E-state index in [1.807, 2.05) is 0 Å². The largest absolute Gasteiger partial charge is 0.396 e. The van der Waals surface area contributed by atoms with Crippen LogP contribution in [0.15, 0.2) is 13.4 Å². The number of hydrogen-bond donors (Lipinski definition) is 6. The van der Waals surface area contributed by atoms with Crippen LogP contribution < -0.4 is 16.4 Å². The molecule has 0 aromatic heterocycles. The number of halogens is 3. The summed E-state index contributed by atoms with van der Waals surface area (Å²) in [6.07, 6.45) is 0.262. The third-order valence-electron chi connectivity index (χ3n) is 3.39. The fourth-order valence-corrected chi connectivity index (χ4v) is 4.97. The van der Waals surface area contributed by atoms with Gasteiger partial charge in [0, 0.05) is 17.5 Å². The van der Waals surface area contributed by atoms with Crippen molar-refractivity contribution in [1.82, 2.24) is 5.32 Å². The number of aliphatic hydroxyl groups excluding tert-OH is 3. The van der Waals surface area contributed by atoms with Crippen LogP contribution in [0.2, 0.25) is 0 Å². The predicted molar refractivity (Wildman–Crippen MR) is 108 cm³/mol. The number of amides is 3. The van der Waals surface area contributed by atoms with Crippen molar-refractivity contribution in [2.45, 2.75) is 18.9 Å². The molecule has 0 saturated heterocycles. The summed E-state index contributed by atoms with van der Waals surface area (Å²) in [5.41, 5.74) is 5.36. The first-order valence-corrected chi connectivity index (χ1v) is 10.0. The van der Waals surface area contributed by atoms with Gasteiger partial charge in [-0.3, -0.25) is 14.4 Å². The van der Waals surface area contributed by atoms with E-state index in [9.17, 15) is 14.4 Å². The molecule has 0 aliphatic rings. The van der Waals surface area contributed by atoms with Gasteiger partial charge >= 0.3 is 0 Å². The van der Waals surface area contributed by atoms with Crippen LogP contribution in [-0.4, -0.2) is 58.9 Å². The highest BCUT2D eigenvalue weighted by Crippen LogP contribution is 2.42. The first kappa shape index (κ1) is 24.0. The zero-order chi connectivity index (χ0) is 20.7. The number of hydrogen-bond acceptors (Lipinski definition) is 6. The van der Waals surface area contributed by atoms with Gasteiger partial charge in [0.1, 0.15) is 0 Å². The molecule has 3 amide bonds. The minimum absolute atomic E-state index is 0.0238. The molecule has 0 aliphatic carbocycles. The third-order valence-corrected chi connectivity index (χ3v) is 5.77. The Bertz CT molecular complexity index is 740. The Morgan fingerprint density at radius 2 is 1.52 bits per heavy atom. The van der Waals surface area contributed by atoms with Gasteiger partial charge in [-0.25, -0.2) is 0 Å². The summed E-state index contributed by atoms with van der Waals surface area (Å²) in [6, 6.07) is -0.917. The molecule has 9 nitrogen and oxygen atoms in total. The second-order valence-corrected chi connectivity index (χ2v) is 7.72. The van der Waals surface area contributed by atoms with Gasteiger partial charge < -0.3 is 31.7 Å². The molecule has 1 rings (SSSR count). The number of anilines is 1. The van der Waals surface area contributed by atoms with Gasteiger partial charge in [0.05, 0.1) is 45.0 Å². The molecular formula is C15H18Br3N3O6. The minimum Gasteiger partial charge on any atom is -0.396 e. The highest BCUT2D eigenvalue weighted by molar-refractivity contribution is 9.11. The summed E-state index contributed by atoms with van der Waals surface area (Å²) in [4.78, 5) is 36.5. The molecule has 0 unspecified atom stereocenters. The summed E-state index contributed by atoms with van der Waals surface area (Å²) in [6.45, 7) is -1.16. The number of primary amides is 1. The summed E-state index contributed by atoms with van der Waals surface area (Å²) < 4.78 is 0.369. The molecule has 0 aliphatic heterocycles. The summed E-state index contributed by atoms with van der Waals surface area (Å²) in [5, 5.41) is 32.1. The van der Waals surface area contributed by atoms with Crippen molar-refractivity contribution in [1.29, 1.82) is 0 Å². The number of nitrogens with two attached hydrogens (primary N) is 1. The number of carbonyl (C=O) groups is 3. The summed E-state index contributed by atoms with van der Waals surface area (Å²) >= 11 is 9.61. The zero-order valence-corrected chi connectivity index (χ0v) is 18.6. The second-order valence-electron chi connectivity index (χ2n) is 5.34. The van der Waals surface area contributed by atoms with E-state index in [1.165, 1.54) is 0 Å². The molecule has 0 saturated carbocycles. The SMILES string of the molecule is NC(=O)c1c(Br)c(NC(=O)CCCO)c(Br)c(C(=O)NC(CO)CO)c1Br. The van der Waals surface area contributed by atoms with Crippen LogP contribution in [0.4, 0.5) is 5.69 Å². The molecule has 0 heterocycles. The molecule has 0 spiro atoms. The van der Waals surface area contributed by atoms with Crippen molar-refractivity contribution < 1.29 is 29.7 Å². The molecule has 27 heavy (non-hydrogen) atoms. The van der Waals surface area contributed by atoms with Gasteiger partial charge in [0.25, 0.3) is 11.8 Å². The molecule has 12 heteroatoms. The van der Waals surface area contributed by atoms with Crippen LogP contribution in [0.3, 0.4) is 0 Å². The molecule has 1 aromatic carbocycles. The van der Waals surface area contributed by atoms with Crippen molar-refractivity contribution in [2.24, 2.45) is 5.73 Å². The van der Waals surface area contributed by atoms with E-state index in [0.29, 0.717) is 0 Å². The zero-order valence-electron chi connectivity index (χ0n) is 13.9. The standard InChI is InChI=1S/C15H18Br3N3O6/c16-10-8(14(19)26)11(17)13(21-7(25)2-1-3-22)12(18)9(10)15(27)20-6(4-23)5-24/h6,22-24H,1-5H2,(H2,19,26)(H,20,27)(H,21,25). The number of rotatable bonds is 9. The van der Waals surface area contributed by atoms with Crippen LogP contribution in [0.5, 0.6) is 0 Å². The number of benzene rings is 1. The summed E-state index contributed by atoms with van der Waals surface area (Å²) in [5.74, 6) is -2.03. The topological polar surface area (TPSA) is 162 Å². The third kappa shape index (κ3) is 5.96. The Morgan fingerprint density at radius 1 is 0.963 bits per heavy atom. The van der Waals surface area contributed by atoms with Gasteiger partial charge in [0.15, 0.2) is 0 Å². The van der Waals surface area contributed by atoms with E-state index in [4.69, 9.17) is 21.1 Å². The van der Waals surface area contributed by atoms with Gasteiger partial charge in [-0.2, -0.15) is 0 Å². The van der Waals surface area contributed by atoms with Crippen molar-refractivity contribution in [3.05, 3.63) is 24.5 Å². The van der Waals surface area contributed by atoms with Gasteiger partial charge in [0.2, 0.25) is 5.91 Å². The number of aliphatic hydroxyl groups is 3. The Kier molecular flexibility index (Phi) is 9.84. The smallest absolute Gasteiger partial charge is 0.254 e. The van der Waals surface area contributed by atoms with Gasteiger partial charge in [-0.05, 0) is 54.2 Å². The van der Waals surface area contributed by atoms with Crippen molar-refractivity contribution in [2.75, 3.05) is 25.1 Å². The van der Waals surface area contributed by atoms with Crippen molar-refractivity contribution in [3.8, 4) is 0 Å². The lowest BCUT2D eigenvalue weighted by molar-refractivity contribution is -0.116. The molecule has 150 valence electrons. The van der Waals surface area contributed by atoms with E-state index in [1.54, 1.807) is 0 Å². The number of nitrogens with one attached hydrogen (secondary N) is 2. The monoisotopic (exact) mass is 573 g/mol. The molecule has 0 bridgehead atoms. The normalized spacial score (nSPS) is 10.8. The second kappa shape index (κ2) is 11.1. The Labute approximate surface area is 180 Å². The molecule has 0 atom stereocenters. The maximum Gasteiger partial charge on any atom is 0.254 e. The molecule has 1 aromatic rings. The van der Waals surface area contributed by atoms with Crippen LogP contribution in [0.25, 0.3) is 0 Å². The summed E-state index contributed by atoms with van der Waals surface area (Å²) in [7, 11) is 0. The van der Waals surface area contributed by atoms with Crippen molar-refractivity contribution >= 4 is 71.2 Å². The van der Waals surface area contributed by atoms with Crippen LogP contribution in [0, 0.1) is 0 Å². The molecule has 0 radical (unpaired) electrons. The molecule has 0 fully saturated rings. The molecular weight excluding hydrogens is 558 g/mol. The maximum atomic E-state index is 12.6. The average Bonchev–Trinajstić information content (AvgIpc) is 2.61. The predicted octanol–water partition coefficient (Wildman–Crippen LogP) is 0.867.